The zero-order valence-electron chi connectivity index (χ0n) is 21.3. The van der Waals surface area contributed by atoms with Crippen molar-refractivity contribution in [2.45, 2.75) is 110 Å². The van der Waals surface area contributed by atoms with E-state index in [0.29, 0.717) is 12.3 Å². The van der Waals surface area contributed by atoms with Gasteiger partial charge in [0.2, 0.25) is 5.91 Å². The number of aldehydes is 1. The molecule has 0 saturated heterocycles. The highest BCUT2D eigenvalue weighted by Crippen LogP contribution is 2.12. The molecule has 10 heteroatoms. The lowest BCUT2D eigenvalue weighted by Gasteiger charge is -2.27. The molecule has 34 heavy (non-hydrogen) atoms. The maximum Gasteiger partial charge on any atom is 0.411 e. The lowest BCUT2D eigenvalue weighted by molar-refractivity contribution is -0.123. The van der Waals surface area contributed by atoms with Gasteiger partial charge in [0.15, 0.2) is 0 Å². The number of amides is 3. The van der Waals surface area contributed by atoms with Crippen LogP contribution in [-0.4, -0.2) is 59.4 Å². The van der Waals surface area contributed by atoms with E-state index in [1.54, 1.807) is 13.8 Å². The fraction of sp³-hybridized carbons (Fsp3) is 0.833. The summed E-state index contributed by atoms with van der Waals surface area (Å²) in [4.78, 5) is 44.9. The summed E-state index contributed by atoms with van der Waals surface area (Å²) in [7, 11) is 0. The Morgan fingerprint density at radius 3 is 1.74 bits per heavy atom. The van der Waals surface area contributed by atoms with E-state index >= 15 is 0 Å². The van der Waals surface area contributed by atoms with E-state index in [1.165, 1.54) is 12.8 Å². The lowest BCUT2D eigenvalue weighted by Crippen LogP contribution is -2.56. The van der Waals surface area contributed by atoms with E-state index in [4.69, 9.17) is 10.2 Å². The van der Waals surface area contributed by atoms with Crippen LogP contribution in [0.25, 0.3) is 0 Å². The number of rotatable bonds is 20. The molecule has 0 fully saturated rings. The third kappa shape index (κ3) is 16.4. The number of unbranched alkanes of at least 4 members (excludes halogenated alkanes) is 8. The highest BCUT2D eigenvalue weighted by molar-refractivity contribution is 5.94. The van der Waals surface area contributed by atoms with Gasteiger partial charge in [0.05, 0.1) is 18.2 Å². The van der Waals surface area contributed by atoms with Gasteiger partial charge in [-0.05, 0) is 31.2 Å². The molecule has 0 aliphatic heterocycles. The Kier molecular flexibility index (Phi) is 17.9. The van der Waals surface area contributed by atoms with E-state index in [9.17, 15) is 19.2 Å². The normalized spacial score (nSPS) is 13.9. The first-order valence-corrected chi connectivity index (χ1v) is 12.6. The predicted octanol–water partition coefficient (Wildman–Crippen LogP) is 3.70. The van der Waals surface area contributed by atoms with Gasteiger partial charge in [-0.25, -0.2) is 9.59 Å². The van der Waals surface area contributed by atoms with Crippen molar-refractivity contribution in [3.05, 3.63) is 0 Å². The van der Waals surface area contributed by atoms with Crippen molar-refractivity contribution in [2.75, 3.05) is 6.54 Å². The van der Waals surface area contributed by atoms with Crippen molar-refractivity contribution < 1.29 is 29.4 Å². The minimum Gasteiger partial charge on any atom is -0.465 e. The standard InChI is InChI=1S/C24H46N4O6/c1-17(2)19(16-29)25-15-13-11-9-7-5-6-8-10-12-14-20(27-23(31)32)26-21(18(3)4)22(30)28-24(33)34/h16-21,25-27H,5-15H2,1-4H3,(H,28,30)(H,31,32)(H,33,34)/t19?,20?,21-/m0/s1. The van der Waals surface area contributed by atoms with E-state index in [1.807, 2.05) is 19.2 Å². The summed E-state index contributed by atoms with van der Waals surface area (Å²) >= 11 is 0. The largest absolute Gasteiger partial charge is 0.465 e. The maximum absolute atomic E-state index is 12.1. The second-order valence-electron chi connectivity index (χ2n) is 9.52. The van der Waals surface area contributed by atoms with Gasteiger partial charge >= 0.3 is 12.2 Å². The molecule has 10 nitrogen and oxygen atoms in total. The molecule has 0 saturated carbocycles. The van der Waals surface area contributed by atoms with E-state index < -0.39 is 30.3 Å². The number of nitrogens with one attached hydrogen (secondary N) is 4. The molecular formula is C24H46N4O6. The molecule has 0 aliphatic rings. The third-order valence-corrected chi connectivity index (χ3v) is 5.77. The molecule has 0 bridgehead atoms. The fourth-order valence-electron chi connectivity index (χ4n) is 3.74. The topological polar surface area (TPSA) is 157 Å². The highest BCUT2D eigenvalue weighted by atomic mass is 16.4. The SMILES string of the molecule is CC(C)C(C=O)NCCCCCCCCCCCC(NC(=O)O)N[C@H](C(=O)NC(=O)O)C(C)C. The lowest BCUT2D eigenvalue weighted by atomic mass is 10.0. The van der Waals surface area contributed by atoms with Crippen molar-refractivity contribution in [1.82, 2.24) is 21.3 Å². The summed E-state index contributed by atoms with van der Waals surface area (Å²) in [5.74, 6) is -0.592. The zero-order valence-corrected chi connectivity index (χ0v) is 21.3. The zero-order chi connectivity index (χ0) is 25.9. The van der Waals surface area contributed by atoms with Crippen molar-refractivity contribution >= 4 is 24.4 Å². The molecule has 0 aromatic rings. The molecule has 6 N–H and O–H groups in total. The third-order valence-electron chi connectivity index (χ3n) is 5.77. The van der Waals surface area contributed by atoms with Crippen molar-refractivity contribution in [2.24, 2.45) is 11.8 Å². The van der Waals surface area contributed by atoms with Crippen LogP contribution in [0.3, 0.4) is 0 Å². The van der Waals surface area contributed by atoms with Gasteiger partial charge in [-0.2, -0.15) is 0 Å². The summed E-state index contributed by atoms with van der Waals surface area (Å²) in [6.45, 7) is 8.47. The quantitative estimate of drug-likeness (QED) is 0.0864. The molecule has 3 amide bonds. The van der Waals surface area contributed by atoms with Gasteiger partial charge in [-0.1, -0.05) is 79.1 Å². The van der Waals surface area contributed by atoms with Crippen LogP contribution in [0.1, 0.15) is 91.9 Å². The Labute approximate surface area is 204 Å². The minimum atomic E-state index is -1.44. The van der Waals surface area contributed by atoms with Gasteiger partial charge < -0.3 is 25.6 Å². The Bertz CT molecular complexity index is 600. The number of imide groups is 1. The van der Waals surface area contributed by atoms with Crippen LogP contribution in [0.2, 0.25) is 0 Å². The van der Waals surface area contributed by atoms with Gasteiger partial charge in [-0.3, -0.25) is 15.4 Å². The first-order chi connectivity index (χ1) is 16.1. The molecule has 0 radical (unpaired) electrons. The second kappa shape index (κ2) is 19.1. The molecule has 0 aliphatic carbocycles. The molecule has 2 unspecified atom stereocenters. The number of carbonyl (C=O) groups is 4. The molecule has 0 heterocycles. The van der Waals surface area contributed by atoms with Crippen LogP contribution in [0.5, 0.6) is 0 Å². The molecule has 0 rings (SSSR count). The highest BCUT2D eigenvalue weighted by Gasteiger charge is 2.27. The average molecular weight is 487 g/mol. The van der Waals surface area contributed by atoms with Gasteiger partial charge in [0, 0.05) is 0 Å². The van der Waals surface area contributed by atoms with E-state index in [-0.39, 0.29) is 12.0 Å². The van der Waals surface area contributed by atoms with E-state index in [0.717, 1.165) is 57.8 Å². The van der Waals surface area contributed by atoms with Gasteiger partial charge in [0.25, 0.3) is 0 Å². The van der Waals surface area contributed by atoms with Crippen LogP contribution in [-0.2, 0) is 9.59 Å². The Balaban J connectivity index is 4.06. The number of hydrogen-bond donors (Lipinski definition) is 6. The summed E-state index contributed by atoms with van der Waals surface area (Å²) in [6.07, 6.45) is 7.92. The first kappa shape index (κ1) is 31.8. The van der Waals surface area contributed by atoms with Crippen LogP contribution >= 0.6 is 0 Å². The molecule has 0 aromatic heterocycles. The van der Waals surface area contributed by atoms with Crippen molar-refractivity contribution in [1.29, 1.82) is 0 Å². The smallest absolute Gasteiger partial charge is 0.411 e. The summed E-state index contributed by atoms with van der Waals surface area (Å²) in [6, 6.07) is -0.878. The summed E-state index contributed by atoms with van der Waals surface area (Å²) in [5, 5.41) is 28.3. The van der Waals surface area contributed by atoms with Crippen molar-refractivity contribution in [3.8, 4) is 0 Å². The average Bonchev–Trinajstić information content (AvgIpc) is 2.73. The van der Waals surface area contributed by atoms with Crippen LogP contribution in [0.4, 0.5) is 9.59 Å². The molecule has 3 atom stereocenters. The van der Waals surface area contributed by atoms with Crippen LogP contribution < -0.4 is 21.3 Å². The second-order valence-corrected chi connectivity index (χ2v) is 9.52. The molecular weight excluding hydrogens is 440 g/mol. The molecule has 0 spiro atoms. The molecule has 0 aromatic carbocycles. The van der Waals surface area contributed by atoms with Crippen molar-refractivity contribution in [3.63, 3.8) is 0 Å². The van der Waals surface area contributed by atoms with Crippen LogP contribution in [0.15, 0.2) is 0 Å². The van der Waals surface area contributed by atoms with Gasteiger partial charge in [-0.15, -0.1) is 0 Å². The fourth-order valence-corrected chi connectivity index (χ4v) is 3.74. The van der Waals surface area contributed by atoms with Crippen LogP contribution in [0, 0.1) is 11.8 Å². The number of carboxylic acid groups (broad SMARTS) is 2. The number of hydrogen-bond acceptors (Lipinski definition) is 6. The predicted molar refractivity (Wildman–Crippen MR) is 132 cm³/mol. The monoisotopic (exact) mass is 486 g/mol. The van der Waals surface area contributed by atoms with Gasteiger partial charge in [0.1, 0.15) is 6.29 Å². The summed E-state index contributed by atoms with van der Waals surface area (Å²) < 4.78 is 0. The maximum atomic E-state index is 12.1. The summed E-state index contributed by atoms with van der Waals surface area (Å²) in [5.41, 5.74) is 0. The Hall–Kier alpha value is -2.20. The Morgan fingerprint density at radius 1 is 0.765 bits per heavy atom. The minimum absolute atomic E-state index is 0.0568. The first-order valence-electron chi connectivity index (χ1n) is 12.6. The van der Waals surface area contributed by atoms with E-state index in [2.05, 4.69) is 16.0 Å². The number of carbonyl (C=O) groups excluding carboxylic acids is 2. The molecule has 198 valence electrons. The Morgan fingerprint density at radius 2 is 1.29 bits per heavy atom.